The van der Waals surface area contributed by atoms with Gasteiger partial charge in [0.05, 0.1) is 12.3 Å². The number of aromatic nitrogens is 2. The molecule has 1 unspecified atom stereocenters. The molecule has 1 aromatic rings. The van der Waals surface area contributed by atoms with Gasteiger partial charge in [-0.3, -0.25) is 0 Å². The van der Waals surface area contributed by atoms with E-state index < -0.39 is 0 Å². The van der Waals surface area contributed by atoms with E-state index in [9.17, 15) is 0 Å². The Balaban J connectivity index is 1.70. The van der Waals surface area contributed by atoms with Crippen LogP contribution in [0.3, 0.4) is 0 Å². The molecule has 2 aliphatic rings. The van der Waals surface area contributed by atoms with Crippen molar-refractivity contribution in [1.29, 1.82) is 0 Å². The van der Waals surface area contributed by atoms with Crippen LogP contribution in [0.2, 0.25) is 0 Å². The van der Waals surface area contributed by atoms with Gasteiger partial charge in [-0.1, -0.05) is 0 Å². The lowest BCUT2D eigenvalue weighted by Gasteiger charge is -2.23. The zero-order valence-electron chi connectivity index (χ0n) is 10.5. The minimum absolute atomic E-state index is 0.0639. The van der Waals surface area contributed by atoms with E-state index in [4.69, 9.17) is 9.47 Å². The summed E-state index contributed by atoms with van der Waals surface area (Å²) >= 11 is 3.59. The van der Waals surface area contributed by atoms with E-state index in [0.717, 1.165) is 42.6 Å². The molecule has 1 atom stereocenters. The minimum atomic E-state index is 0.0639. The Morgan fingerprint density at radius 2 is 2.00 bits per heavy atom. The van der Waals surface area contributed by atoms with Gasteiger partial charge in [0.2, 0.25) is 0 Å². The number of halogens is 1. The largest absolute Gasteiger partial charge is 0.486 e. The molecule has 0 aromatic carbocycles. The summed E-state index contributed by atoms with van der Waals surface area (Å²) in [7, 11) is 0. The van der Waals surface area contributed by atoms with Crippen molar-refractivity contribution in [1.82, 2.24) is 9.78 Å². The van der Waals surface area contributed by atoms with Crippen molar-refractivity contribution >= 4 is 15.9 Å². The molecule has 3 rings (SSSR count). The summed E-state index contributed by atoms with van der Waals surface area (Å²) in [5, 5.41) is 4.40. The Hall–Kier alpha value is -0.550. The summed E-state index contributed by atoms with van der Waals surface area (Å²) in [4.78, 5) is 0. The van der Waals surface area contributed by atoms with Crippen LogP contribution in [0.1, 0.15) is 51.2 Å². The van der Waals surface area contributed by atoms with Gasteiger partial charge >= 0.3 is 0 Å². The van der Waals surface area contributed by atoms with E-state index in [2.05, 4.69) is 21.0 Å². The van der Waals surface area contributed by atoms with Gasteiger partial charge in [0, 0.05) is 6.61 Å². The predicted molar refractivity (Wildman–Crippen MR) is 71.7 cm³/mol. The van der Waals surface area contributed by atoms with Crippen LogP contribution in [0.5, 0.6) is 5.75 Å². The van der Waals surface area contributed by atoms with E-state index in [-0.39, 0.29) is 6.23 Å². The third kappa shape index (κ3) is 2.57. The number of ether oxygens (including phenoxy) is 2. The zero-order chi connectivity index (χ0) is 12.4. The summed E-state index contributed by atoms with van der Waals surface area (Å²) in [5.41, 5.74) is 0. The molecule has 0 N–H and O–H groups in total. The van der Waals surface area contributed by atoms with Crippen LogP contribution in [-0.4, -0.2) is 22.5 Å². The highest BCUT2D eigenvalue weighted by atomic mass is 79.9. The summed E-state index contributed by atoms with van der Waals surface area (Å²) in [6.07, 6.45) is 10.5. The van der Waals surface area contributed by atoms with Crippen LogP contribution in [-0.2, 0) is 4.74 Å². The fourth-order valence-corrected chi connectivity index (χ4v) is 3.23. The highest BCUT2D eigenvalue weighted by Crippen LogP contribution is 2.33. The fraction of sp³-hybridized carbons (Fsp3) is 0.769. The highest BCUT2D eigenvalue weighted by Gasteiger charge is 2.23. The molecule has 1 aromatic heterocycles. The van der Waals surface area contributed by atoms with Crippen molar-refractivity contribution in [3.05, 3.63) is 10.8 Å². The van der Waals surface area contributed by atoms with E-state index in [1.54, 1.807) is 6.20 Å². The normalized spacial score (nSPS) is 25.5. The van der Waals surface area contributed by atoms with Gasteiger partial charge in [-0.25, -0.2) is 4.68 Å². The SMILES string of the molecule is Brc1c(OC2CCCC2)cnn1C1CCCCO1. The lowest BCUT2D eigenvalue weighted by atomic mass is 10.2. The number of hydrogen-bond donors (Lipinski definition) is 0. The molecule has 1 saturated carbocycles. The van der Waals surface area contributed by atoms with E-state index in [1.807, 2.05) is 4.68 Å². The van der Waals surface area contributed by atoms with E-state index in [1.165, 1.54) is 19.3 Å². The second kappa shape index (κ2) is 5.61. The molecule has 5 heteroatoms. The minimum Gasteiger partial charge on any atom is -0.486 e. The standard InChI is InChI=1S/C13H19BrN2O2/c14-13-11(18-10-5-1-2-6-10)9-15-16(13)12-7-3-4-8-17-12/h9-10,12H,1-8H2. The smallest absolute Gasteiger partial charge is 0.172 e. The monoisotopic (exact) mass is 314 g/mol. The molecule has 0 amide bonds. The Morgan fingerprint density at radius 3 is 2.72 bits per heavy atom. The fourth-order valence-electron chi connectivity index (χ4n) is 2.71. The van der Waals surface area contributed by atoms with E-state index in [0.29, 0.717) is 6.10 Å². The molecule has 1 aliphatic heterocycles. The lowest BCUT2D eigenvalue weighted by Crippen LogP contribution is -2.19. The number of rotatable bonds is 3. The first-order valence-corrected chi connectivity index (χ1v) is 7.65. The molecule has 18 heavy (non-hydrogen) atoms. The Labute approximate surface area is 116 Å². The maximum atomic E-state index is 5.99. The number of hydrogen-bond acceptors (Lipinski definition) is 3. The molecule has 0 radical (unpaired) electrons. The van der Waals surface area contributed by atoms with Crippen LogP contribution in [0.25, 0.3) is 0 Å². The molecule has 2 heterocycles. The third-order valence-electron chi connectivity index (χ3n) is 3.73. The third-order valence-corrected chi connectivity index (χ3v) is 4.48. The van der Waals surface area contributed by atoms with Crippen LogP contribution >= 0.6 is 15.9 Å². The molecule has 1 aliphatic carbocycles. The van der Waals surface area contributed by atoms with Crippen molar-refractivity contribution in [2.75, 3.05) is 6.61 Å². The maximum absolute atomic E-state index is 5.99. The Kier molecular flexibility index (Phi) is 3.89. The van der Waals surface area contributed by atoms with Gasteiger partial charge in [-0.2, -0.15) is 5.10 Å². The van der Waals surface area contributed by atoms with Crippen molar-refractivity contribution in [3.63, 3.8) is 0 Å². The summed E-state index contributed by atoms with van der Waals surface area (Å²) in [6.45, 7) is 0.829. The molecule has 100 valence electrons. The van der Waals surface area contributed by atoms with Crippen LogP contribution in [0, 0.1) is 0 Å². The maximum Gasteiger partial charge on any atom is 0.172 e. The second-order valence-electron chi connectivity index (χ2n) is 5.09. The van der Waals surface area contributed by atoms with Crippen molar-refractivity contribution in [2.45, 2.75) is 57.3 Å². The van der Waals surface area contributed by atoms with Gasteiger partial charge in [0.25, 0.3) is 0 Å². The van der Waals surface area contributed by atoms with Crippen LogP contribution in [0.15, 0.2) is 10.8 Å². The topological polar surface area (TPSA) is 36.3 Å². The molecule has 4 nitrogen and oxygen atoms in total. The first-order chi connectivity index (χ1) is 8.84. The van der Waals surface area contributed by atoms with Gasteiger partial charge in [-0.15, -0.1) is 0 Å². The summed E-state index contributed by atoms with van der Waals surface area (Å²) < 4.78 is 14.6. The lowest BCUT2D eigenvalue weighted by molar-refractivity contribution is -0.0411. The molecular weight excluding hydrogens is 296 g/mol. The van der Waals surface area contributed by atoms with Crippen LogP contribution < -0.4 is 4.74 Å². The Morgan fingerprint density at radius 1 is 1.22 bits per heavy atom. The van der Waals surface area contributed by atoms with Crippen LogP contribution in [0.4, 0.5) is 0 Å². The summed E-state index contributed by atoms with van der Waals surface area (Å²) in [5.74, 6) is 0.857. The van der Waals surface area contributed by atoms with Gasteiger partial charge in [-0.05, 0) is 60.9 Å². The number of nitrogens with zero attached hydrogens (tertiary/aromatic N) is 2. The van der Waals surface area contributed by atoms with E-state index >= 15 is 0 Å². The highest BCUT2D eigenvalue weighted by molar-refractivity contribution is 9.10. The Bertz CT molecular complexity index is 396. The van der Waals surface area contributed by atoms with Gasteiger partial charge in [0.1, 0.15) is 4.60 Å². The first kappa shape index (κ1) is 12.5. The second-order valence-corrected chi connectivity index (χ2v) is 5.84. The van der Waals surface area contributed by atoms with Gasteiger partial charge in [0.15, 0.2) is 12.0 Å². The quantitative estimate of drug-likeness (QED) is 0.854. The average molecular weight is 315 g/mol. The summed E-state index contributed by atoms with van der Waals surface area (Å²) in [6, 6.07) is 0. The van der Waals surface area contributed by atoms with Crippen molar-refractivity contribution in [2.24, 2.45) is 0 Å². The van der Waals surface area contributed by atoms with Crippen molar-refractivity contribution < 1.29 is 9.47 Å². The molecule has 0 bridgehead atoms. The predicted octanol–water partition coefficient (Wildman–Crippen LogP) is 3.67. The molecule has 2 fully saturated rings. The van der Waals surface area contributed by atoms with Crippen molar-refractivity contribution in [3.8, 4) is 5.75 Å². The molecule has 1 saturated heterocycles. The molecule has 0 spiro atoms. The zero-order valence-corrected chi connectivity index (χ0v) is 12.1. The van der Waals surface area contributed by atoms with Gasteiger partial charge < -0.3 is 9.47 Å². The average Bonchev–Trinajstić information content (AvgIpc) is 3.03. The molecular formula is C13H19BrN2O2. The first-order valence-electron chi connectivity index (χ1n) is 6.86.